The second kappa shape index (κ2) is 8.47. The number of nitrogens with zero attached hydrogens (tertiary/aromatic N) is 3. The fourth-order valence-electron chi connectivity index (χ4n) is 2.62. The number of hydrogen-bond acceptors (Lipinski definition) is 5. The van der Waals surface area contributed by atoms with Gasteiger partial charge in [-0.15, -0.1) is 0 Å². The molecule has 0 saturated carbocycles. The largest absolute Gasteiger partial charge is 0.447 e. The molecule has 2 aromatic carbocycles. The zero-order valence-electron chi connectivity index (χ0n) is 14.9. The summed E-state index contributed by atoms with van der Waals surface area (Å²) in [7, 11) is 0. The van der Waals surface area contributed by atoms with Gasteiger partial charge in [0.25, 0.3) is 5.56 Å². The third-order valence-electron chi connectivity index (χ3n) is 3.97. The van der Waals surface area contributed by atoms with E-state index in [9.17, 15) is 4.79 Å². The highest BCUT2D eigenvalue weighted by molar-refractivity contribution is 9.10. The molecule has 2 heterocycles. The first-order valence-electron chi connectivity index (χ1n) is 8.37. The smallest absolute Gasteiger partial charge is 0.282 e. The Kier molecular flexibility index (Phi) is 5.96. The Morgan fingerprint density at radius 2 is 1.93 bits per heavy atom. The maximum Gasteiger partial charge on any atom is 0.282 e. The molecule has 0 atom stereocenters. The molecule has 0 saturated heterocycles. The Morgan fingerprint density at radius 1 is 1.17 bits per heavy atom. The average molecular weight is 554 g/mol. The van der Waals surface area contributed by atoms with Crippen LogP contribution in [0.5, 0.6) is 0 Å². The van der Waals surface area contributed by atoms with Crippen LogP contribution in [-0.2, 0) is 0 Å². The van der Waals surface area contributed by atoms with Crippen molar-refractivity contribution in [1.82, 2.24) is 9.66 Å². The van der Waals surface area contributed by atoms with E-state index < -0.39 is 0 Å². The lowest BCUT2D eigenvalue weighted by Crippen LogP contribution is -2.20. The van der Waals surface area contributed by atoms with Gasteiger partial charge in [-0.3, -0.25) is 4.79 Å². The van der Waals surface area contributed by atoms with Gasteiger partial charge in [-0.2, -0.15) is 9.78 Å². The molecule has 5 nitrogen and oxygen atoms in total. The molecular formula is C20H12Br2ClN3O2S. The van der Waals surface area contributed by atoms with Gasteiger partial charge in [0.2, 0.25) is 0 Å². The number of benzene rings is 2. The standard InChI is InChI=1S/C20H12Br2ClN3O2S/c1-11-25-18-7-2-12(21)8-16(18)19(27)26(11)24-10-14-9-17(22)20(28-14)29-15-5-3-13(23)4-6-15/h2-10H,1H3. The molecule has 4 aromatic rings. The van der Waals surface area contributed by atoms with E-state index in [4.69, 9.17) is 16.0 Å². The Hall–Kier alpha value is -1.87. The van der Waals surface area contributed by atoms with Gasteiger partial charge in [0.15, 0.2) is 5.09 Å². The highest BCUT2D eigenvalue weighted by Gasteiger charge is 2.11. The second-order valence-corrected chi connectivity index (χ2v) is 9.27. The molecule has 0 radical (unpaired) electrons. The van der Waals surface area contributed by atoms with Crippen LogP contribution in [0, 0.1) is 6.92 Å². The topological polar surface area (TPSA) is 60.4 Å². The van der Waals surface area contributed by atoms with E-state index in [-0.39, 0.29) is 5.56 Å². The molecule has 0 fully saturated rings. The molecule has 0 spiro atoms. The van der Waals surface area contributed by atoms with Gasteiger partial charge in [0.05, 0.1) is 21.6 Å². The van der Waals surface area contributed by atoms with Gasteiger partial charge >= 0.3 is 0 Å². The molecule has 0 aliphatic rings. The summed E-state index contributed by atoms with van der Waals surface area (Å²) >= 11 is 14.3. The maximum absolute atomic E-state index is 12.8. The van der Waals surface area contributed by atoms with Crippen molar-refractivity contribution in [3.63, 3.8) is 0 Å². The monoisotopic (exact) mass is 551 g/mol. The summed E-state index contributed by atoms with van der Waals surface area (Å²) in [5.41, 5.74) is 0.385. The van der Waals surface area contributed by atoms with Crippen LogP contribution >= 0.6 is 55.2 Å². The summed E-state index contributed by atoms with van der Waals surface area (Å²) in [6.07, 6.45) is 1.50. The average Bonchev–Trinajstić information content (AvgIpc) is 3.03. The SMILES string of the molecule is Cc1nc2ccc(Br)cc2c(=O)n1N=Cc1cc(Br)c(Sc2ccc(Cl)cc2)o1. The normalized spacial score (nSPS) is 11.6. The van der Waals surface area contributed by atoms with E-state index >= 15 is 0 Å². The lowest BCUT2D eigenvalue weighted by Gasteiger charge is -2.05. The van der Waals surface area contributed by atoms with Gasteiger partial charge in [0.1, 0.15) is 11.6 Å². The minimum atomic E-state index is -0.244. The van der Waals surface area contributed by atoms with E-state index in [0.717, 1.165) is 13.8 Å². The molecule has 0 aliphatic heterocycles. The summed E-state index contributed by atoms with van der Waals surface area (Å²) < 4.78 is 8.71. The predicted octanol–water partition coefficient (Wildman–Crippen LogP) is 6.51. The van der Waals surface area contributed by atoms with Crippen molar-refractivity contribution in [2.45, 2.75) is 16.9 Å². The molecule has 0 amide bonds. The number of halogens is 3. The van der Waals surface area contributed by atoms with E-state index in [1.807, 2.05) is 30.3 Å². The van der Waals surface area contributed by atoms with Crippen LogP contribution in [0.4, 0.5) is 0 Å². The zero-order valence-corrected chi connectivity index (χ0v) is 19.6. The summed E-state index contributed by atoms with van der Waals surface area (Å²) in [6.45, 7) is 1.74. The van der Waals surface area contributed by atoms with E-state index in [2.05, 4.69) is 41.9 Å². The molecular weight excluding hydrogens is 542 g/mol. The molecule has 29 heavy (non-hydrogen) atoms. The molecule has 0 bridgehead atoms. The second-order valence-electron chi connectivity index (χ2n) is 6.02. The number of hydrogen-bond donors (Lipinski definition) is 0. The molecule has 4 rings (SSSR count). The van der Waals surface area contributed by atoms with Crippen molar-refractivity contribution < 1.29 is 4.42 Å². The summed E-state index contributed by atoms with van der Waals surface area (Å²) in [4.78, 5) is 18.2. The lowest BCUT2D eigenvalue weighted by molar-refractivity contribution is 0.465. The summed E-state index contributed by atoms with van der Waals surface area (Å²) in [5.74, 6) is 0.997. The lowest BCUT2D eigenvalue weighted by atomic mass is 10.2. The first-order chi connectivity index (χ1) is 13.9. The van der Waals surface area contributed by atoms with Crippen LogP contribution in [-0.4, -0.2) is 15.9 Å². The van der Waals surface area contributed by atoms with Crippen LogP contribution in [0.2, 0.25) is 5.02 Å². The third-order valence-corrected chi connectivity index (χ3v) is 6.56. The molecule has 146 valence electrons. The fourth-order valence-corrected chi connectivity index (χ4v) is 4.44. The van der Waals surface area contributed by atoms with Gasteiger partial charge < -0.3 is 4.42 Å². The van der Waals surface area contributed by atoms with Crippen molar-refractivity contribution in [3.05, 3.63) is 84.4 Å². The maximum atomic E-state index is 12.8. The van der Waals surface area contributed by atoms with Crippen LogP contribution in [0.15, 0.2) is 81.8 Å². The van der Waals surface area contributed by atoms with E-state index in [1.165, 1.54) is 22.7 Å². The molecule has 0 aliphatic carbocycles. The number of furan rings is 1. The zero-order chi connectivity index (χ0) is 20.5. The third kappa shape index (κ3) is 4.50. The van der Waals surface area contributed by atoms with Crippen molar-refractivity contribution in [3.8, 4) is 0 Å². The first kappa shape index (κ1) is 20.4. The van der Waals surface area contributed by atoms with Gasteiger partial charge in [-0.05, 0) is 65.3 Å². The number of rotatable bonds is 4. The molecule has 0 unspecified atom stereocenters. The highest BCUT2D eigenvalue weighted by atomic mass is 79.9. The molecule has 0 N–H and O–H groups in total. The van der Waals surface area contributed by atoms with Gasteiger partial charge in [-0.1, -0.05) is 39.3 Å². The van der Waals surface area contributed by atoms with Gasteiger partial charge in [0, 0.05) is 20.5 Å². The Labute approximate surface area is 192 Å². The minimum Gasteiger partial charge on any atom is -0.447 e. The summed E-state index contributed by atoms with van der Waals surface area (Å²) in [5, 5.41) is 6.13. The van der Waals surface area contributed by atoms with E-state index in [0.29, 0.717) is 32.6 Å². The van der Waals surface area contributed by atoms with Crippen molar-refractivity contribution in [2.24, 2.45) is 5.10 Å². The van der Waals surface area contributed by atoms with Crippen molar-refractivity contribution >= 4 is 72.3 Å². The van der Waals surface area contributed by atoms with E-state index in [1.54, 1.807) is 25.1 Å². The fraction of sp³-hybridized carbons (Fsp3) is 0.0500. The quantitative estimate of drug-likeness (QED) is 0.270. The van der Waals surface area contributed by atoms with Crippen molar-refractivity contribution in [2.75, 3.05) is 0 Å². The predicted molar refractivity (Wildman–Crippen MR) is 123 cm³/mol. The van der Waals surface area contributed by atoms with Crippen LogP contribution in [0.3, 0.4) is 0 Å². The molecule has 2 aromatic heterocycles. The number of fused-ring (bicyclic) bond motifs is 1. The highest BCUT2D eigenvalue weighted by Crippen LogP contribution is 2.36. The number of aryl methyl sites for hydroxylation is 1. The van der Waals surface area contributed by atoms with Crippen LogP contribution in [0.1, 0.15) is 11.6 Å². The minimum absolute atomic E-state index is 0.244. The number of aromatic nitrogens is 2. The van der Waals surface area contributed by atoms with Gasteiger partial charge in [-0.25, -0.2) is 4.98 Å². The summed E-state index contributed by atoms with van der Waals surface area (Å²) in [6, 6.07) is 14.7. The Bertz CT molecular complexity index is 1300. The van der Waals surface area contributed by atoms with Crippen LogP contribution < -0.4 is 5.56 Å². The Balaban J connectivity index is 1.64. The molecule has 9 heteroatoms. The van der Waals surface area contributed by atoms with Crippen LogP contribution in [0.25, 0.3) is 10.9 Å². The Morgan fingerprint density at radius 3 is 2.69 bits per heavy atom. The van der Waals surface area contributed by atoms with Crippen molar-refractivity contribution in [1.29, 1.82) is 0 Å². The first-order valence-corrected chi connectivity index (χ1v) is 11.1.